The molecule has 2 fully saturated rings. The second kappa shape index (κ2) is 7.72. The molecule has 0 aromatic rings. The van der Waals surface area contributed by atoms with Crippen molar-refractivity contribution in [3.05, 3.63) is 0 Å². The fourth-order valence-corrected chi connectivity index (χ4v) is 2.64. The summed E-state index contributed by atoms with van der Waals surface area (Å²) in [5, 5.41) is 0. The molecular formula is C14H26N4O3. The number of hydrogen-bond acceptors (Lipinski definition) is 5. The Balaban J connectivity index is 1.73. The molecule has 2 N–H and O–H groups in total. The molecule has 2 heterocycles. The summed E-state index contributed by atoms with van der Waals surface area (Å²) in [6, 6.07) is 0. The molecule has 7 heteroatoms. The highest BCUT2D eigenvalue weighted by Crippen LogP contribution is 2.08. The van der Waals surface area contributed by atoms with Gasteiger partial charge < -0.3 is 20.3 Å². The maximum Gasteiger partial charge on any atom is 0.236 e. The molecule has 1 unspecified atom stereocenters. The molecule has 2 aliphatic rings. The summed E-state index contributed by atoms with van der Waals surface area (Å²) in [7, 11) is 0. The Kier molecular flexibility index (Phi) is 5.96. The van der Waals surface area contributed by atoms with Crippen molar-refractivity contribution in [1.82, 2.24) is 14.7 Å². The Hall–Kier alpha value is -1.18. The normalized spacial score (nSPS) is 22.2. The molecule has 2 rings (SSSR count). The van der Waals surface area contributed by atoms with Crippen molar-refractivity contribution in [3.8, 4) is 0 Å². The van der Waals surface area contributed by atoms with Gasteiger partial charge in [0.25, 0.3) is 0 Å². The fraction of sp³-hybridized carbons (Fsp3) is 0.857. The second-order valence-corrected chi connectivity index (χ2v) is 5.73. The molecule has 0 saturated carbocycles. The van der Waals surface area contributed by atoms with Crippen LogP contribution >= 0.6 is 0 Å². The van der Waals surface area contributed by atoms with E-state index in [-0.39, 0.29) is 17.7 Å². The van der Waals surface area contributed by atoms with Gasteiger partial charge in [-0.25, -0.2) is 0 Å². The van der Waals surface area contributed by atoms with Crippen LogP contribution in [0.2, 0.25) is 0 Å². The monoisotopic (exact) mass is 298 g/mol. The van der Waals surface area contributed by atoms with E-state index >= 15 is 0 Å². The average Bonchev–Trinajstić information content (AvgIpc) is 2.55. The maximum absolute atomic E-state index is 12.2. The molecule has 120 valence electrons. The van der Waals surface area contributed by atoms with Gasteiger partial charge in [0.05, 0.1) is 19.8 Å². The van der Waals surface area contributed by atoms with Gasteiger partial charge in [-0.15, -0.1) is 0 Å². The molecule has 0 aliphatic carbocycles. The molecular weight excluding hydrogens is 272 g/mol. The van der Waals surface area contributed by atoms with E-state index in [1.165, 1.54) is 0 Å². The number of morpholine rings is 1. The molecule has 0 bridgehead atoms. The number of ether oxygens (including phenoxy) is 1. The van der Waals surface area contributed by atoms with Crippen molar-refractivity contribution in [1.29, 1.82) is 0 Å². The minimum absolute atomic E-state index is 0.119. The van der Waals surface area contributed by atoms with Crippen LogP contribution in [-0.2, 0) is 14.3 Å². The summed E-state index contributed by atoms with van der Waals surface area (Å²) in [4.78, 5) is 30.0. The summed E-state index contributed by atoms with van der Waals surface area (Å²) < 4.78 is 5.25. The van der Waals surface area contributed by atoms with E-state index in [2.05, 4.69) is 4.90 Å². The van der Waals surface area contributed by atoms with E-state index < -0.39 is 0 Å². The third kappa shape index (κ3) is 4.39. The van der Waals surface area contributed by atoms with Crippen molar-refractivity contribution in [2.75, 3.05) is 65.6 Å². The van der Waals surface area contributed by atoms with Gasteiger partial charge in [0.1, 0.15) is 0 Å². The summed E-state index contributed by atoms with van der Waals surface area (Å²) in [5.41, 5.74) is 5.54. The maximum atomic E-state index is 12.2. The minimum Gasteiger partial charge on any atom is -0.378 e. The molecule has 7 nitrogen and oxygen atoms in total. The predicted molar refractivity (Wildman–Crippen MR) is 78.6 cm³/mol. The van der Waals surface area contributed by atoms with Crippen LogP contribution in [0.3, 0.4) is 0 Å². The smallest absolute Gasteiger partial charge is 0.236 e. The lowest BCUT2D eigenvalue weighted by molar-refractivity contribution is -0.139. The van der Waals surface area contributed by atoms with E-state index in [0.717, 1.165) is 13.1 Å². The van der Waals surface area contributed by atoms with Crippen LogP contribution in [0.15, 0.2) is 0 Å². The Morgan fingerprint density at radius 1 is 1.05 bits per heavy atom. The molecule has 21 heavy (non-hydrogen) atoms. The lowest BCUT2D eigenvalue weighted by Crippen LogP contribution is -2.53. The van der Waals surface area contributed by atoms with Crippen molar-refractivity contribution < 1.29 is 14.3 Å². The Bertz CT molecular complexity index is 363. The number of carbonyl (C=O) groups excluding carboxylic acids is 2. The van der Waals surface area contributed by atoms with Crippen LogP contribution in [0.25, 0.3) is 0 Å². The van der Waals surface area contributed by atoms with E-state index in [1.54, 1.807) is 0 Å². The molecule has 2 amide bonds. The quantitative estimate of drug-likeness (QED) is 0.689. The molecule has 2 aliphatic heterocycles. The van der Waals surface area contributed by atoms with Gasteiger partial charge in [0.2, 0.25) is 11.8 Å². The predicted octanol–water partition coefficient (Wildman–Crippen LogP) is -1.42. The zero-order valence-corrected chi connectivity index (χ0v) is 12.8. The van der Waals surface area contributed by atoms with E-state index in [0.29, 0.717) is 52.5 Å². The Morgan fingerprint density at radius 2 is 1.67 bits per heavy atom. The first-order valence-electron chi connectivity index (χ1n) is 7.68. The van der Waals surface area contributed by atoms with Crippen molar-refractivity contribution in [3.63, 3.8) is 0 Å². The molecule has 1 atom stereocenters. The van der Waals surface area contributed by atoms with Gasteiger partial charge in [-0.3, -0.25) is 14.5 Å². The fourth-order valence-electron chi connectivity index (χ4n) is 2.64. The standard InChI is InChI=1S/C14H26N4O3/c1-12(10-15)14(20)18-4-2-16(3-5-18)11-13(19)17-6-8-21-9-7-17/h12H,2-11,15H2,1H3. The number of amides is 2. The van der Waals surface area contributed by atoms with E-state index in [9.17, 15) is 9.59 Å². The summed E-state index contributed by atoms with van der Waals surface area (Å²) in [5.74, 6) is 0.164. The van der Waals surface area contributed by atoms with E-state index in [4.69, 9.17) is 10.5 Å². The summed E-state index contributed by atoms with van der Waals surface area (Å²) in [6.45, 7) is 8.17. The first-order chi connectivity index (χ1) is 10.1. The topological polar surface area (TPSA) is 79.1 Å². The number of piperazine rings is 1. The van der Waals surface area contributed by atoms with Gasteiger partial charge in [-0.05, 0) is 0 Å². The molecule has 2 saturated heterocycles. The summed E-state index contributed by atoms with van der Waals surface area (Å²) >= 11 is 0. The zero-order valence-electron chi connectivity index (χ0n) is 12.8. The van der Waals surface area contributed by atoms with Crippen LogP contribution < -0.4 is 5.73 Å². The molecule has 0 radical (unpaired) electrons. The van der Waals surface area contributed by atoms with Crippen molar-refractivity contribution >= 4 is 11.8 Å². The van der Waals surface area contributed by atoms with Gasteiger partial charge in [-0.1, -0.05) is 6.92 Å². The Morgan fingerprint density at radius 3 is 2.24 bits per heavy atom. The lowest BCUT2D eigenvalue weighted by Gasteiger charge is -2.36. The van der Waals surface area contributed by atoms with Crippen LogP contribution in [0, 0.1) is 5.92 Å². The largest absolute Gasteiger partial charge is 0.378 e. The average molecular weight is 298 g/mol. The minimum atomic E-state index is -0.119. The van der Waals surface area contributed by atoms with Crippen LogP contribution in [0.4, 0.5) is 0 Å². The lowest BCUT2D eigenvalue weighted by atomic mass is 10.1. The number of rotatable bonds is 4. The number of carbonyl (C=O) groups is 2. The first-order valence-corrected chi connectivity index (χ1v) is 7.68. The highest BCUT2D eigenvalue weighted by Gasteiger charge is 2.26. The number of nitrogens with zero attached hydrogens (tertiary/aromatic N) is 3. The first kappa shape index (κ1) is 16.2. The third-order valence-electron chi connectivity index (χ3n) is 4.18. The highest BCUT2D eigenvalue weighted by atomic mass is 16.5. The van der Waals surface area contributed by atoms with Crippen molar-refractivity contribution in [2.24, 2.45) is 11.7 Å². The van der Waals surface area contributed by atoms with Gasteiger partial charge in [0.15, 0.2) is 0 Å². The van der Waals surface area contributed by atoms with Gasteiger partial charge in [-0.2, -0.15) is 0 Å². The molecule has 0 aromatic heterocycles. The van der Waals surface area contributed by atoms with E-state index in [1.807, 2.05) is 16.7 Å². The van der Waals surface area contributed by atoms with Crippen LogP contribution in [0.5, 0.6) is 0 Å². The number of hydrogen-bond donors (Lipinski definition) is 1. The molecule has 0 aromatic carbocycles. The SMILES string of the molecule is CC(CN)C(=O)N1CCN(CC(=O)N2CCOCC2)CC1. The van der Waals surface area contributed by atoms with Crippen molar-refractivity contribution in [2.45, 2.75) is 6.92 Å². The second-order valence-electron chi connectivity index (χ2n) is 5.73. The van der Waals surface area contributed by atoms with Gasteiger partial charge in [0, 0.05) is 51.7 Å². The zero-order chi connectivity index (χ0) is 15.2. The van der Waals surface area contributed by atoms with Crippen LogP contribution in [0.1, 0.15) is 6.92 Å². The summed E-state index contributed by atoms with van der Waals surface area (Å²) in [6.07, 6.45) is 0. The Labute approximate surface area is 126 Å². The molecule has 0 spiro atoms. The third-order valence-corrected chi connectivity index (χ3v) is 4.18. The highest BCUT2D eigenvalue weighted by molar-refractivity contribution is 5.79. The number of nitrogens with two attached hydrogens (primary N) is 1. The van der Waals surface area contributed by atoms with Crippen LogP contribution in [-0.4, -0.2) is 92.1 Å². The van der Waals surface area contributed by atoms with Gasteiger partial charge >= 0.3 is 0 Å².